The number of para-hydroxylation sites is 1. The topological polar surface area (TPSA) is 186 Å². The van der Waals surface area contributed by atoms with E-state index >= 15 is 0 Å². The number of carbonyl (C=O) groups is 3. The van der Waals surface area contributed by atoms with Crippen LogP contribution in [-0.4, -0.2) is 105 Å². The van der Waals surface area contributed by atoms with Crippen LogP contribution >= 0.6 is 34.4 Å². The second kappa shape index (κ2) is 42.3. The molecule has 1 fully saturated rings. The van der Waals surface area contributed by atoms with Crippen LogP contribution in [0.15, 0.2) is 38.8 Å². The Hall–Kier alpha value is -1.63. The Morgan fingerprint density at radius 1 is 0.608 bits per heavy atom. The number of carbonyl (C=O) groups excluding carboxylic acids is 3. The maximum absolute atomic E-state index is 13.4. The van der Waals surface area contributed by atoms with Gasteiger partial charge in [-0.2, -0.15) is 0 Å². The largest absolute Gasteiger partial charge is 0.390 e. The van der Waals surface area contributed by atoms with Crippen molar-refractivity contribution < 1.29 is 49.4 Å². The van der Waals surface area contributed by atoms with Crippen molar-refractivity contribution in [1.82, 2.24) is 5.32 Å². The molecular weight excluding hydrogens is 1070 g/mol. The van der Waals surface area contributed by atoms with E-state index in [9.17, 15) is 39.9 Å². The van der Waals surface area contributed by atoms with Crippen molar-refractivity contribution in [3.8, 4) is 0 Å². The van der Waals surface area contributed by atoms with Gasteiger partial charge in [0.1, 0.15) is 24.4 Å². The minimum atomic E-state index is -1.68. The number of rotatable bonds is 47. The van der Waals surface area contributed by atoms with Crippen molar-refractivity contribution in [2.75, 3.05) is 17.3 Å². The van der Waals surface area contributed by atoms with Gasteiger partial charge in [0.2, 0.25) is 5.91 Å². The Bertz CT molecular complexity index is 1640. The number of hydrogen-bond acceptors (Lipinski definition) is 11. The molecule has 1 aromatic carbocycles. The quantitative estimate of drug-likeness (QED) is 0.0207. The standard InChI is InChI=1S/C60H103IN2O10S/c1-3-5-7-9-11-13-15-17-18-19-20-21-22-23-24-25-26-27-29-31-33-35-40-44-51(65)62-48(53(66)49(64)43-39-34-32-30-28-16-14-12-10-8-6-4-2)45-72-60-56(69)55(68)54(67)50(73-60)46-74-57-52(61)58(70)63(59(57)71)47-41-37-36-38-42-47/h36-38,41-42,48-50,53-56,60,64,66-69H,3-35,39-40,43-46H2,1-2H3,(H,62,65)/t48-,49+,50+,53-,54-,55-,56+,60-/m0/s1. The van der Waals surface area contributed by atoms with Crippen LogP contribution < -0.4 is 10.2 Å². The van der Waals surface area contributed by atoms with Gasteiger partial charge in [0.25, 0.3) is 11.8 Å². The number of aliphatic hydroxyl groups excluding tert-OH is 5. The number of imide groups is 1. The average molecular weight is 1170 g/mol. The van der Waals surface area contributed by atoms with Gasteiger partial charge in [0.05, 0.1) is 39.0 Å². The molecule has 0 saturated carbocycles. The average Bonchev–Trinajstić information content (AvgIpc) is 3.61. The van der Waals surface area contributed by atoms with Crippen molar-refractivity contribution in [2.45, 2.75) is 300 Å². The van der Waals surface area contributed by atoms with Crippen molar-refractivity contribution in [2.24, 2.45) is 0 Å². The number of anilines is 1. The van der Waals surface area contributed by atoms with Crippen molar-refractivity contribution in [3.05, 3.63) is 38.8 Å². The molecule has 426 valence electrons. The van der Waals surface area contributed by atoms with Crippen LogP contribution in [0.2, 0.25) is 0 Å². The molecular formula is C60H103IN2O10S. The Labute approximate surface area is 466 Å². The van der Waals surface area contributed by atoms with Gasteiger partial charge in [-0.15, -0.1) is 11.8 Å². The number of amides is 3. The molecule has 3 amide bonds. The Morgan fingerprint density at radius 3 is 1.47 bits per heavy atom. The highest BCUT2D eigenvalue weighted by molar-refractivity contribution is 14.1. The summed E-state index contributed by atoms with van der Waals surface area (Å²) in [6.07, 6.45) is 34.4. The summed E-state index contributed by atoms with van der Waals surface area (Å²) < 4.78 is 12.2. The fourth-order valence-electron chi connectivity index (χ4n) is 10.2. The number of nitrogens with one attached hydrogen (secondary N) is 1. The highest BCUT2D eigenvalue weighted by Crippen LogP contribution is 2.38. The fourth-order valence-corrected chi connectivity index (χ4v) is 12.2. The minimum Gasteiger partial charge on any atom is -0.390 e. The van der Waals surface area contributed by atoms with Gasteiger partial charge in [-0.05, 0) is 47.6 Å². The first-order valence-corrected chi connectivity index (χ1v) is 32.0. The Kier molecular flexibility index (Phi) is 38.1. The monoisotopic (exact) mass is 1170 g/mol. The molecule has 2 heterocycles. The molecule has 0 spiro atoms. The van der Waals surface area contributed by atoms with Crippen LogP contribution in [0.5, 0.6) is 0 Å². The lowest BCUT2D eigenvalue weighted by atomic mass is 9.98. The molecule has 1 aromatic rings. The van der Waals surface area contributed by atoms with E-state index in [0.717, 1.165) is 61.6 Å². The highest BCUT2D eigenvalue weighted by atomic mass is 127. The van der Waals surface area contributed by atoms with E-state index in [1.807, 2.05) is 22.6 Å². The lowest BCUT2D eigenvalue weighted by Gasteiger charge is -2.41. The van der Waals surface area contributed by atoms with Gasteiger partial charge in [0, 0.05) is 12.2 Å². The summed E-state index contributed by atoms with van der Waals surface area (Å²) >= 11 is 2.83. The van der Waals surface area contributed by atoms with Gasteiger partial charge < -0.3 is 40.3 Å². The summed E-state index contributed by atoms with van der Waals surface area (Å²) in [5.74, 6) is -1.32. The second-order valence-electron chi connectivity index (χ2n) is 21.5. The molecule has 8 atom stereocenters. The highest BCUT2D eigenvalue weighted by Gasteiger charge is 2.46. The third kappa shape index (κ3) is 27.3. The van der Waals surface area contributed by atoms with E-state index in [2.05, 4.69) is 19.2 Å². The van der Waals surface area contributed by atoms with E-state index in [1.54, 1.807) is 30.3 Å². The number of halogens is 1. The molecule has 1 saturated heterocycles. The molecule has 0 aliphatic carbocycles. The maximum atomic E-state index is 13.4. The summed E-state index contributed by atoms with van der Waals surface area (Å²) in [5, 5.41) is 58.3. The molecule has 2 aliphatic heterocycles. The Balaban J connectivity index is 1.39. The zero-order chi connectivity index (χ0) is 53.6. The number of thioether (sulfide) groups is 1. The first-order valence-electron chi connectivity index (χ1n) is 29.9. The van der Waals surface area contributed by atoms with Gasteiger partial charge in [-0.3, -0.25) is 14.4 Å². The summed E-state index contributed by atoms with van der Waals surface area (Å²) in [5.41, 5.74) is 0.428. The first kappa shape index (κ1) is 66.6. The number of hydrogen-bond donors (Lipinski definition) is 6. The molecule has 3 rings (SSSR count). The number of unbranched alkanes of at least 4 members (excludes halogenated alkanes) is 33. The Morgan fingerprint density at radius 2 is 1.03 bits per heavy atom. The molecule has 14 heteroatoms. The van der Waals surface area contributed by atoms with Crippen molar-refractivity contribution in [1.29, 1.82) is 0 Å². The zero-order valence-electron chi connectivity index (χ0n) is 46.1. The number of benzene rings is 1. The number of nitrogens with zero attached hydrogens (tertiary/aromatic N) is 1. The molecule has 6 N–H and O–H groups in total. The number of ether oxygens (including phenoxy) is 2. The van der Waals surface area contributed by atoms with Crippen LogP contribution in [0.25, 0.3) is 0 Å². The van der Waals surface area contributed by atoms with E-state index in [4.69, 9.17) is 9.47 Å². The van der Waals surface area contributed by atoms with Crippen molar-refractivity contribution in [3.63, 3.8) is 0 Å². The molecule has 0 aromatic heterocycles. The van der Waals surface area contributed by atoms with E-state index in [0.29, 0.717) is 18.5 Å². The lowest BCUT2D eigenvalue weighted by molar-refractivity contribution is -0.294. The van der Waals surface area contributed by atoms with Crippen molar-refractivity contribution >= 4 is 57.8 Å². The summed E-state index contributed by atoms with van der Waals surface area (Å²) in [4.78, 5) is 41.1. The minimum absolute atomic E-state index is 0.0611. The fraction of sp³-hybridized carbons (Fsp3) is 0.817. The smallest absolute Gasteiger partial charge is 0.273 e. The number of aliphatic hydroxyl groups is 5. The second-order valence-corrected chi connectivity index (χ2v) is 23.6. The van der Waals surface area contributed by atoms with E-state index in [-0.39, 0.29) is 33.2 Å². The van der Waals surface area contributed by atoms with Gasteiger partial charge in [-0.1, -0.05) is 250 Å². The lowest BCUT2D eigenvalue weighted by Crippen LogP contribution is -2.60. The summed E-state index contributed by atoms with van der Waals surface area (Å²) in [7, 11) is 0. The van der Waals surface area contributed by atoms with Crippen LogP contribution in [0.1, 0.15) is 251 Å². The van der Waals surface area contributed by atoms with Crippen LogP contribution in [-0.2, 0) is 23.9 Å². The maximum Gasteiger partial charge on any atom is 0.273 e. The van der Waals surface area contributed by atoms with Gasteiger partial charge in [-0.25, -0.2) is 4.90 Å². The first-order chi connectivity index (χ1) is 36.0. The molecule has 74 heavy (non-hydrogen) atoms. The van der Waals surface area contributed by atoms with E-state index in [1.165, 1.54) is 173 Å². The third-order valence-electron chi connectivity index (χ3n) is 15.0. The van der Waals surface area contributed by atoms with Gasteiger partial charge >= 0.3 is 0 Å². The zero-order valence-corrected chi connectivity index (χ0v) is 49.1. The summed E-state index contributed by atoms with van der Waals surface area (Å²) in [6.45, 7) is 4.16. The van der Waals surface area contributed by atoms with Gasteiger partial charge in [0.15, 0.2) is 6.29 Å². The predicted octanol–water partition coefficient (Wildman–Crippen LogP) is 13.4. The van der Waals surface area contributed by atoms with Crippen LogP contribution in [0.4, 0.5) is 5.69 Å². The van der Waals surface area contributed by atoms with E-state index < -0.39 is 60.8 Å². The molecule has 0 bridgehead atoms. The van der Waals surface area contributed by atoms with Crippen LogP contribution in [0.3, 0.4) is 0 Å². The van der Waals surface area contributed by atoms with Crippen LogP contribution in [0, 0.1) is 0 Å². The molecule has 0 radical (unpaired) electrons. The molecule has 12 nitrogen and oxygen atoms in total. The predicted molar refractivity (Wildman–Crippen MR) is 311 cm³/mol. The molecule has 0 unspecified atom stereocenters. The third-order valence-corrected chi connectivity index (χ3v) is 17.5. The normalized spacial score (nSPS) is 20.4. The molecule has 2 aliphatic rings. The SMILES string of the molecule is CCCCCCCCCCCCCCCCCCCCCCCCCC(=O)N[C@@H](CO[C@H]1O[C@H](CSC2=C(I)C(=O)N(c3ccccc3)C2=O)[C@H](O)[C@H](O)[C@H]1O)[C@H](O)[C@H](O)CCCCCCCCCCCCCC. The summed E-state index contributed by atoms with van der Waals surface area (Å²) in [6, 6.07) is 7.52.